The van der Waals surface area contributed by atoms with Gasteiger partial charge < -0.3 is 14.5 Å². The van der Waals surface area contributed by atoms with Gasteiger partial charge in [-0.25, -0.2) is 0 Å². The zero-order valence-electron chi connectivity index (χ0n) is 24.2. The Balaban J connectivity index is 2.57. The molecule has 0 atom stereocenters. The van der Waals surface area contributed by atoms with Crippen LogP contribution < -0.4 is 9.80 Å². The molecule has 0 amide bonds. The predicted octanol–water partition coefficient (Wildman–Crippen LogP) is 9.95. The van der Waals surface area contributed by atoms with Gasteiger partial charge in [-0.1, -0.05) is 73.2 Å². The molecule has 0 saturated carbocycles. The summed E-state index contributed by atoms with van der Waals surface area (Å²) >= 11 is 0. The first-order chi connectivity index (χ1) is 18.4. The van der Waals surface area contributed by atoms with Gasteiger partial charge in [-0.05, 0) is 94.7 Å². The summed E-state index contributed by atoms with van der Waals surface area (Å²) in [7, 11) is 1.72. The van der Waals surface area contributed by atoms with E-state index in [9.17, 15) is 0 Å². The molecular formula is C35H44N2O. The van der Waals surface area contributed by atoms with E-state index in [1.54, 1.807) is 7.11 Å². The van der Waals surface area contributed by atoms with E-state index in [1.807, 2.05) is 13.0 Å². The van der Waals surface area contributed by atoms with E-state index in [-0.39, 0.29) is 0 Å². The zero-order valence-corrected chi connectivity index (χ0v) is 24.2. The van der Waals surface area contributed by atoms with Crippen LogP contribution in [0.1, 0.15) is 46.6 Å². The average molecular weight is 509 g/mol. The quantitative estimate of drug-likeness (QED) is 0.250. The first-order valence-corrected chi connectivity index (χ1v) is 13.2. The van der Waals surface area contributed by atoms with E-state index in [2.05, 4.69) is 148 Å². The van der Waals surface area contributed by atoms with E-state index in [4.69, 9.17) is 4.74 Å². The molecule has 0 saturated heterocycles. The fraction of sp³-hybridized carbons (Fsp3) is 0.257. The highest BCUT2D eigenvalue weighted by Gasteiger charge is 2.15. The molecule has 0 fully saturated rings. The Hall–Kier alpha value is -3.82. The molecule has 0 bridgehead atoms. The third-order valence-electron chi connectivity index (χ3n) is 6.08. The number of ether oxygens (including phenoxy) is 1. The Morgan fingerprint density at radius 2 is 1.53 bits per heavy atom. The van der Waals surface area contributed by atoms with Crippen molar-refractivity contribution >= 4 is 17.1 Å². The van der Waals surface area contributed by atoms with Gasteiger partial charge in [0.2, 0.25) is 0 Å². The molecule has 200 valence electrons. The number of aryl methyl sites for hydroxylation is 1. The lowest BCUT2D eigenvalue weighted by atomic mass is 10.1. The van der Waals surface area contributed by atoms with E-state index >= 15 is 0 Å². The van der Waals surface area contributed by atoms with Crippen molar-refractivity contribution in [3.05, 3.63) is 138 Å². The van der Waals surface area contributed by atoms with Crippen LogP contribution >= 0.6 is 0 Å². The van der Waals surface area contributed by atoms with Gasteiger partial charge in [0.15, 0.2) is 0 Å². The minimum Gasteiger partial charge on any atom is -0.381 e. The van der Waals surface area contributed by atoms with Crippen LogP contribution in [0.15, 0.2) is 132 Å². The Labute approximate surface area is 231 Å². The Morgan fingerprint density at radius 1 is 0.921 bits per heavy atom. The van der Waals surface area contributed by atoms with Gasteiger partial charge in [0.05, 0.1) is 12.3 Å². The van der Waals surface area contributed by atoms with Gasteiger partial charge in [-0.2, -0.15) is 0 Å². The number of anilines is 3. The second-order valence-corrected chi connectivity index (χ2v) is 9.22. The number of methoxy groups -OCH3 is 1. The van der Waals surface area contributed by atoms with Crippen molar-refractivity contribution in [3.8, 4) is 0 Å². The summed E-state index contributed by atoms with van der Waals surface area (Å²) in [5, 5.41) is 0. The van der Waals surface area contributed by atoms with Crippen LogP contribution in [-0.4, -0.2) is 13.7 Å². The molecule has 0 heterocycles. The summed E-state index contributed by atoms with van der Waals surface area (Å²) in [5.41, 5.74) is 9.07. The summed E-state index contributed by atoms with van der Waals surface area (Å²) in [6.45, 7) is 17.2. The van der Waals surface area contributed by atoms with E-state index < -0.39 is 0 Å². The van der Waals surface area contributed by atoms with Crippen LogP contribution in [0.2, 0.25) is 0 Å². The topological polar surface area (TPSA) is 15.7 Å². The molecule has 0 aromatic heterocycles. The smallest absolute Gasteiger partial charge is 0.0649 e. The standard InChI is InChI=1S/C35H44N2O/c1-9-12-25-37(35(30(6)11-3)31(7)24-27-38-8)34-22-20-33(21-23-34)36(26-13-15-28(4)14-10-2)32-18-16-29(5)17-19-32/h10-26H,3,9,27H2,1-2,4-8H3/b14-10-,25-12+,26-13+,28-15-,31-24-,35-30+. The summed E-state index contributed by atoms with van der Waals surface area (Å²) in [6, 6.07) is 17.3. The minimum absolute atomic E-state index is 0.559. The first-order valence-electron chi connectivity index (χ1n) is 13.2. The van der Waals surface area contributed by atoms with Gasteiger partial charge >= 0.3 is 0 Å². The van der Waals surface area contributed by atoms with Crippen molar-refractivity contribution in [3.63, 3.8) is 0 Å². The molecule has 0 spiro atoms. The highest BCUT2D eigenvalue weighted by Crippen LogP contribution is 2.32. The summed E-state index contributed by atoms with van der Waals surface area (Å²) in [6.07, 6.45) is 19.8. The Bertz CT molecular complexity index is 1210. The lowest BCUT2D eigenvalue weighted by molar-refractivity contribution is 0.233. The third kappa shape index (κ3) is 8.93. The highest BCUT2D eigenvalue weighted by molar-refractivity contribution is 5.70. The highest BCUT2D eigenvalue weighted by atomic mass is 16.5. The van der Waals surface area contributed by atoms with Crippen molar-refractivity contribution in [1.82, 2.24) is 0 Å². The molecule has 0 unspecified atom stereocenters. The first kappa shape index (κ1) is 30.4. The SMILES string of the molecule is C=C/C(C)=C(\C(C)=C/COC)N(/C=C/CC)c1ccc(N(/C=C/C=C(C)\C=C/C)c2ccc(C)cc2)cc1. The number of benzene rings is 2. The lowest BCUT2D eigenvalue weighted by Gasteiger charge is -2.28. The van der Waals surface area contributed by atoms with E-state index in [0.717, 1.165) is 40.3 Å². The van der Waals surface area contributed by atoms with E-state index in [1.165, 1.54) is 11.1 Å². The van der Waals surface area contributed by atoms with Crippen molar-refractivity contribution in [2.75, 3.05) is 23.5 Å². The monoisotopic (exact) mass is 508 g/mol. The number of hydrogen-bond donors (Lipinski definition) is 0. The van der Waals surface area contributed by atoms with Crippen LogP contribution in [-0.2, 0) is 4.74 Å². The average Bonchev–Trinajstić information content (AvgIpc) is 2.92. The van der Waals surface area contributed by atoms with Gasteiger partial charge in [0.1, 0.15) is 0 Å². The normalized spacial score (nSPS) is 13.4. The van der Waals surface area contributed by atoms with Crippen LogP contribution in [0.25, 0.3) is 0 Å². The molecule has 0 aliphatic heterocycles. The van der Waals surface area contributed by atoms with Crippen molar-refractivity contribution in [2.45, 2.75) is 48.0 Å². The van der Waals surface area contributed by atoms with Crippen molar-refractivity contribution in [1.29, 1.82) is 0 Å². The predicted molar refractivity (Wildman–Crippen MR) is 168 cm³/mol. The summed E-state index contributed by atoms with van der Waals surface area (Å²) < 4.78 is 5.31. The Kier molecular flexibility index (Phi) is 12.9. The molecule has 0 radical (unpaired) electrons. The molecule has 0 aliphatic rings. The van der Waals surface area contributed by atoms with Crippen LogP contribution in [0.3, 0.4) is 0 Å². The van der Waals surface area contributed by atoms with E-state index in [0.29, 0.717) is 6.61 Å². The molecule has 2 rings (SSSR count). The van der Waals surface area contributed by atoms with Crippen molar-refractivity contribution in [2.24, 2.45) is 0 Å². The maximum Gasteiger partial charge on any atom is 0.0649 e. The second kappa shape index (κ2) is 16.1. The third-order valence-corrected chi connectivity index (χ3v) is 6.08. The van der Waals surface area contributed by atoms with Gasteiger partial charge in [0, 0.05) is 36.6 Å². The molecule has 0 N–H and O–H groups in total. The summed E-state index contributed by atoms with van der Waals surface area (Å²) in [4.78, 5) is 4.45. The van der Waals surface area contributed by atoms with Gasteiger partial charge in [-0.3, -0.25) is 0 Å². The summed E-state index contributed by atoms with van der Waals surface area (Å²) in [5.74, 6) is 0. The molecule has 2 aromatic carbocycles. The lowest BCUT2D eigenvalue weighted by Crippen LogP contribution is -2.18. The van der Waals surface area contributed by atoms with Gasteiger partial charge in [0.25, 0.3) is 0 Å². The van der Waals surface area contributed by atoms with Crippen LogP contribution in [0.4, 0.5) is 17.1 Å². The number of hydrogen-bond acceptors (Lipinski definition) is 3. The fourth-order valence-electron chi connectivity index (χ4n) is 3.99. The molecule has 38 heavy (non-hydrogen) atoms. The second-order valence-electron chi connectivity index (χ2n) is 9.22. The molecule has 0 aliphatic carbocycles. The van der Waals surface area contributed by atoms with Crippen molar-refractivity contribution < 1.29 is 4.74 Å². The molecular weight excluding hydrogens is 464 g/mol. The zero-order chi connectivity index (χ0) is 27.9. The number of nitrogens with zero attached hydrogens (tertiary/aromatic N) is 2. The largest absolute Gasteiger partial charge is 0.381 e. The van der Waals surface area contributed by atoms with Crippen LogP contribution in [0, 0.1) is 6.92 Å². The molecule has 3 heteroatoms. The maximum absolute atomic E-state index is 5.31. The molecule has 2 aromatic rings. The number of rotatable bonds is 13. The number of allylic oxidation sites excluding steroid dienone is 9. The fourth-order valence-corrected chi connectivity index (χ4v) is 3.99. The molecule has 3 nitrogen and oxygen atoms in total. The Morgan fingerprint density at radius 3 is 2.08 bits per heavy atom. The van der Waals surface area contributed by atoms with Crippen LogP contribution in [0.5, 0.6) is 0 Å². The van der Waals surface area contributed by atoms with Gasteiger partial charge in [-0.15, -0.1) is 0 Å². The minimum atomic E-state index is 0.559. The maximum atomic E-state index is 5.31.